The van der Waals surface area contributed by atoms with Gasteiger partial charge in [-0.1, -0.05) is 42.5 Å². The van der Waals surface area contributed by atoms with Gasteiger partial charge in [-0.2, -0.15) is 5.26 Å². The molecule has 4 nitrogen and oxygen atoms in total. The fourth-order valence-corrected chi connectivity index (χ4v) is 2.18. The molecule has 0 saturated heterocycles. The number of ether oxygens (including phenoxy) is 1. The molecule has 0 radical (unpaired) electrons. The van der Waals surface area contributed by atoms with Gasteiger partial charge in [0.2, 0.25) is 0 Å². The first-order valence-corrected chi connectivity index (χ1v) is 7.94. The molecule has 5 heteroatoms. The van der Waals surface area contributed by atoms with Gasteiger partial charge in [-0.05, 0) is 48.4 Å². The van der Waals surface area contributed by atoms with E-state index in [1.165, 1.54) is 6.08 Å². The maximum Gasteiger partial charge on any atom is 0.266 e. The van der Waals surface area contributed by atoms with Crippen LogP contribution in [0.1, 0.15) is 11.1 Å². The molecule has 0 heterocycles. The average molecular weight is 353 g/mol. The lowest BCUT2D eigenvalue weighted by Crippen LogP contribution is -2.13. The largest absolute Gasteiger partial charge is 0.490 e. The molecule has 0 bridgehead atoms. The first-order chi connectivity index (χ1) is 12.0. The zero-order valence-corrected chi connectivity index (χ0v) is 14.5. The Hall–Kier alpha value is -3.03. The highest BCUT2D eigenvalue weighted by atomic mass is 35.5. The van der Waals surface area contributed by atoms with Gasteiger partial charge in [0, 0.05) is 10.7 Å². The van der Waals surface area contributed by atoms with Crippen LogP contribution in [0, 0.1) is 18.3 Å². The molecule has 0 aliphatic heterocycles. The number of halogens is 1. The van der Waals surface area contributed by atoms with E-state index in [0.717, 1.165) is 11.1 Å². The van der Waals surface area contributed by atoms with E-state index < -0.39 is 5.91 Å². The average Bonchev–Trinajstić information content (AvgIpc) is 2.62. The van der Waals surface area contributed by atoms with Crippen LogP contribution in [0.3, 0.4) is 0 Å². The molecule has 0 spiro atoms. The van der Waals surface area contributed by atoms with Crippen LogP contribution in [-0.2, 0) is 4.79 Å². The maximum absolute atomic E-state index is 12.3. The van der Waals surface area contributed by atoms with Crippen molar-refractivity contribution in [1.29, 1.82) is 5.26 Å². The molecule has 1 amide bonds. The minimum absolute atomic E-state index is 0.00328. The first-order valence-electron chi connectivity index (χ1n) is 7.56. The van der Waals surface area contributed by atoms with Crippen molar-refractivity contribution in [3.8, 4) is 11.8 Å². The molecule has 126 valence electrons. The molecular weight excluding hydrogens is 336 g/mol. The third kappa shape index (κ3) is 5.23. The quantitative estimate of drug-likeness (QED) is 0.463. The van der Waals surface area contributed by atoms with Gasteiger partial charge >= 0.3 is 0 Å². The third-order valence-electron chi connectivity index (χ3n) is 3.35. The van der Waals surface area contributed by atoms with E-state index in [1.54, 1.807) is 48.5 Å². The van der Waals surface area contributed by atoms with Crippen molar-refractivity contribution >= 4 is 29.3 Å². The van der Waals surface area contributed by atoms with Gasteiger partial charge < -0.3 is 10.1 Å². The van der Waals surface area contributed by atoms with Crippen molar-refractivity contribution in [2.24, 2.45) is 0 Å². The van der Waals surface area contributed by atoms with Crippen LogP contribution in [0.25, 0.3) is 6.08 Å². The molecule has 0 fully saturated rings. The lowest BCUT2D eigenvalue weighted by molar-refractivity contribution is -0.112. The molecule has 0 unspecified atom stereocenters. The summed E-state index contributed by atoms with van der Waals surface area (Å²) in [6, 6.07) is 14.2. The van der Waals surface area contributed by atoms with Gasteiger partial charge in [0.25, 0.3) is 5.91 Å². The number of nitriles is 1. The van der Waals surface area contributed by atoms with Crippen LogP contribution in [0.2, 0.25) is 5.02 Å². The molecule has 0 aliphatic rings. The van der Waals surface area contributed by atoms with E-state index in [9.17, 15) is 10.1 Å². The summed E-state index contributed by atoms with van der Waals surface area (Å²) in [6.07, 6.45) is 3.17. The molecule has 0 aromatic heterocycles. The second kappa shape index (κ2) is 8.72. The minimum atomic E-state index is -0.491. The lowest BCUT2D eigenvalue weighted by atomic mass is 10.1. The van der Waals surface area contributed by atoms with Gasteiger partial charge in [0.1, 0.15) is 24.0 Å². The highest BCUT2D eigenvalue weighted by molar-refractivity contribution is 6.31. The van der Waals surface area contributed by atoms with Gasteiger partial charge in [-0.3, -0.25) is 4.79 Å². The molecule has 25 heavy (non-hydrogen) atoms. The number of nitrogens with one attached hydrogen (secondary N) is 1. The standard InChI is InChI=1S/C20H17ClN2O2/c1-3-10-25-18-8-5-15(6-9-18)11-16(13-22)20(24)23-17-7-4-14(2)19(21)12-17/h3-9,11-12H,1,10H2,2H3,(H,23,24)/b16-11+. The zero-order valence-electron chi connectivity index (χ0n) is 13.8. The van der Waals surface area contributed by atoms with E-state index in [4.69, 9.17) is 16.3 Å². The van der Waals surface area contributed by atoms with Crippen molar-refractivity contribution < 1.29 is 9.53 Å². The van der Waals surface area contributed by atoms with Crippen LogP contribution in [-0.4, -0.2) is 12.5 Å². The van der Waals surface area contributed by atoms with Crippen LogP contribution < -0.4 is 10.1 Å². The van der Waals surface area contributed by atoms with Gasteiger partial charge in [0.15, 0.2) is 0 Å². The Morgan fingerprint density at radius 1 is 1.32 bits per heavy atom. The SMILES string of the molecule is C=CCOc1ccc(/C=C(\C#N)C(=O)Nc2ccc(C)c(Cl)c2)cc1. The molecule has 0 saturated carbocycles. The van der Waals surface area contributed by atoms with Gasteiger partial charge in [-0.25, -0.2) is 0 Å². The molecule has 2 aromatic rings. The van der Waals surface area contributed by atoms with E-state index in [1.807, 2.05) is 13.0 Å². The van der Waals surface area contributed by atoms with Crippen LogP contribution in [0.5, 0.6) is 5.75 Å². The maximum atomic E-state index is 12.3. The second-order valence-corrected chi connectivity index (χ2v) is 5.66. The Labute approximate surface area is 152 Å². The highest BCUT2D eigenvalue weighted by Crippen LogP contribution is 2.21. The number of amides is 1. The highest BCUT2D eigenvalue weighted by Gasteiger charge is 2.10. The van der Waals surface area contributed by atoms with Crippen LogP contribution in [0.15, 0.2) is 60.7 Å². The summed E-state index contributed by atoms with van der Waals surface area (Å²) in [6.45, 7) is 5.87. The lowest BCUT2D eigenvalue weighted by Gasteiger charge is -2.06. The number of nitrogens with zero attached hydrogens (tertiary/aromatic N) is 1. The Morgan fingerprint density at radius 3 is 2.64 bits per heavy atom. The summed E-state index contributed by atoms with van der Waals surface area (Å²) in [5.41, 5.74) is 2.17. The summed E-state index contributed by atoms with van der Waals surface area (Å²) in [5, 5.41) is 12.5. The molecular formula is C20H17ClN2O2. The van der Waals surface area contributed by atoms with Crippen molar-refractivity contribution in [2.75, 3.05) is 11.9 Å². The van der Waals surface area contributed by atoms with Gasteiger partial charge in [-0.15, -0.1) is 0 Å². The zero-order chi connectivity index (χ0) is 18.2. The fraction of sp³-hybridized carbons (Fsp3) is 0.100. The third-order valence-corrected chi connectivity index (χ3v) is 3.76. The monoisotopic (exact) mass is 352 g/mol. The van der Waals surface area contributed by atoms with E-state index in [-0.39, 0.29) is 5.57 Å². The number of hydrogen-bond donors (Lipinski definition) is 1. The van der Waals surface area contributed by atoms with Crippen LogP contribution >= 0.6 is 11.6 Å². The summed E-state index contributed by atoms with van der Waals surface area (Å²) >= 11 is 6.04. The van der Waals surface area contributed by atoms with Gasteiger partial charge in [0.05, 0.1) is 0 Å². The number of anilines is 1. The Morgan fingerprint density at radius 2 is 2.04 bits per heavy atom. The Balaban J connectivity index is 2.13. The number of rotatable bonds is 6. The van der Waals surface area contributed by atoms with Crippen molar-refractivity contribution in [1.82, 2.24) is 0 Å². The number of hydrogen-bond acceptors (Lipinski definition) is 3. The second-order valence-electron chi connectivity index (χ2n) is 5.26. The number of carbonyl (C=O) groups excluding carboxylic acids is 1. The predicted molar refractivity (Wildman–Crippen MR) is 101 cm³/mol. The topological polar surface area (TPSA) is 62.1 Å². The molecule has 2 rings (SSSR count). The Kier molecular flexibility index (Phi) is 6.39. The summed E-state index contributed by atoms with van der Waals surface area (Å²) in [4.78, 5) is 12.3. The molecule has 2 aromatic carbocycles. The number of carbonyl (C=O) groups is 1. The fourth-order valence-electron chi connectivity index (χ4n) is 2.00. The first kappa shape index (κ1) is 18.3. The van der Waals surface area contributed by atoms with Crippen LogP contribution in [0.4, 0.5) is 5.69 Å². The smallest absolute Gasteiger partial charge is 0.266 e. The number of benzene rings is 2. The van der Waals surface area contributed by atoms with E-state index in [2.05, 4.69) is 11.9 Å². The predicted octanol–water partition coefficient (Wildman–Crippen LogP) is 4.76. The summed E-state index contributed by atoms with van der Waals surface area (Å²) in [5.74, 6) is 0.198. The minimum Gasteiger partial charge on any atom is -0.490 e. The van der Waals surface area contributed by atoms with E-state index >= 15 is 0 Å². The normalized spacial score (nSPS) is 10.7. The molecule has 0 atom stereocenters. The van der Waals surface area contributed by atoms with E-state index in [0.29, 0.717) is 23.1 Å². The van der Waals surface area contributed by atoms with Crippen molar-refractivity contribution in [2.45, 2.75) is 6.92 Å². The van der Waals surface area contributed by atoms with Crippen molar-refractivity contribution in [3.63, 3.8) is 0 Å². The molecule has 0 aliphatic carbocycles. The number of aryl methyl sites for hydroxylation is 1. The summed E-state index contributed by atoms with van der Waals surface area (Å²) in [7, 11) is 0. The Bertz CT molecular complexity index is 849. The summed E-state index contributed by atoms with van der Waals surface area (Å²) < 4.78 is 5.39. The van der Waals surface area contributed by atoms with Crippen molar-refractivity contribution in [3.05, 3.63) is 76.8 Å². The molecule has 1 N–H and O–H groups in total.